The van der Waals surface area contributed by atoms with Crippen LogP contribution in [0.4, 0.5) is 0 Å². The Labute approximate surface area is 166 Å². The van der Waals surface area contributed by atoms with E-state index in [0.717, 1.165) is 0 Å². The van der Waals surface area contributed by atoms with Crippen LogP contribution < -0.4 is 10.5 Å². The van der Waals surface area contributed by atoms with Gasteiger partial charge in [0.05, 0.1) is 0 Å². The molecule has 1 heterocycles. The van der Waals surface area contributed by atoms with Crippen molar-refractivity contribution in [2.24, 2.45) is 5.73 Å². The van der Waals surface area contributed by atoms with Gasteiger partial charge in [0, 0.05) is 12.4 Å². The molecule has 1 aromatic heterocycles. The van der Waals surface area contributed by atoms with Gasteiger partial charge in [-0.15, -0.1) is 0 Å². The SMILES string of the molecule is NC(=O)COC(c1ccccc1)(c1ccccc1)C(Oc1ncccn1)C(=O)O. The van der Waals surface area contributed by atoms with Gasteiger partial charge in [0.2, 0.25) is 12.0 Å². The van der Waals surface area contributed by atoms with Gasteiger partial charge in [0.1, 0.15) is 6.61 Å². The molecule has 0 aliphatic carbocycles. The molecule has 2 aromatic carbocycles. The third-order valence-corrected chi connectivity index (χ3v) is 4.21. The summed E-state index contributed by atoms with van der Waals surface area (Å²) in [6.45, 7) is -0.521. The molecule has 0 fully saturated rings. The normalized spacial score (nSPS) is 12.1. The maximum atomic E-state index is 12.4. The fourth-order valence-corrected chi connectivity index (χ4v) is 3.03. The summed E-state index contributed by atoms with van der Waals surface area (Å²) in [4.78, 5) is 31.8. The Morgan fingerprint density at radius 2 is 1.45 bits per heavy atom. The van der Waals surface area contributed by atoms with Crippen molar-refractivity contribution in [2.45, 2.75) is 11.7 Å². The van der Waals surface area contributed by atoms with E-state index >= 15 is 0 Å². The molecular formula is C21H19N3O5. The molecule has 0 aliphatic rings. The molecule has 3 N–H and O–H groups in total. The number of carbonyl (C=O) groups is 2. The van der Waals surface area contributed by atoms with Crippen molar-refractivity contribution in [1.82, 2.24) is 9.97 Å². The number of ether oxygens (including phenoxy) is 2. The average Bonchev–Trinajstić information content (AvgIpc) is 2.75. The fourth-order valence-electron chi connectivity index (χ4n) is 3.03. The van der Waals surface area contributed by atoms with Crippen LogP contribution in [0, 0.1) is 0 Å². The highest BCUT2D eigenvalue weighted by Crippen LogP contribution is 2.39. The summed E-state index contributed by atoms with van der Waals surface area (Å²) in [5.74, 6) is -2.07. The summed E-state index contributed by atoms with van der Waals surface area (Å²) in [5.41, 5.74) is 4.55. The van der Waals surface area contributed by atoms with Crippen molar-refractivity contribution in [3.05, 3.63) is 90.3 Å². The highest BCUT2D eigenvalue weighted by Gasteiger charge is 2.50. The second-order valence-electron chi connectivity index (χ2n) is 6.09. The van der Waals surface area contributed by atoms with E-state index in [1.54, 1.807) is 66.7 Å². The molecule has 3 aromatic rings. The Hall–Kier alpha value is -3.78. The first-order valence-corrected chi connectivity index (χ1v) is 8.74. The summed E-state index contributed by atoms with van der Waals surface area (Å²) in [5, 5.41) is 10.1. The Bertz CT molecular complexity index is 912. The van der Waals surface area contributed by atoms with Gasteiger partial charge in [0.25, 0.3) is 0 Å². The molecule has 8 nitrogen and oxygen atoms in total. The molecular weight excluding hydrogens is 374 g/mol. The summed E-state index contributed by atoms with van der Waals surface area (Å²) in [6.07, 6.45) is 1.24. The molecule has 0 saturated heterocycles. The summed E-state index contributed by atoms with van der Waals surface area (Å²) >= 11 is 0. The number of primary amides is 1. The molecule has 0 spiro atoms. The number of aromatic nitrogens is 2. The molecule has 1 atom stereocenters. The Morgan fingerprint density at radius 3 is 1.90 bits per heavy atom. The number of nitrogens with two attached hydrogens (primary N) is 1. The molecule has 0 radical (unpaired) electrons. The van der Waals surface area contributed by atoms with Crippen LogP contribution in [0.3, 0.4) is 0 Å². The van der Waals surface area contributed by atoms with Crippen LogP contribution in [-0.4, -0.2) is 39.7 Å². The van der Waals surface area contributed by atoms with E-state index in [2.05, 4.69) is 9.97 Å². The third kappa shape index (κ3) is 4.39. The first-order valence-electron chi connectivity index (χ1n) is 8.74. The first kappa shape index (κ1) is 20.0. The van der Waals surface area contributed by atoms with E-state index in [1.807, 2.05) is 0 Å². The van der Waals surface area contributed by atoms with Crippen molar-refractivity contribution >= 4 is 11.9 Å². The van der Waals surface area contributed by atoms with E-state index in [9.17, 15) is 14.7 Å². The molecule has 3 rings (SSSR count). The van der Waals surface area contributed by atoms with Gasteiger partial charge in [-0.2, -0.15) is 0 Å². The van der Waals surface area contributed by atoms with Crippen LogP contribution in [0.25, 0.3) is 0 Å². The van der Waals surface area contributed by atoms with Crippen molar-refractivity contribution in [1.29, 1.82) is 0 Å². The molecule has 8 heteroatoms. The molecule has 0 bridgehead atoms. The van der Waals surface area contributed by atoms with E-state index in [4.69, 9.17) is 15.2 Å². The van der Waals surface area contributed by atoms with Gasteiger partial charge in [-0.3, -0.25) is 4.79 Å². The van der Waals surface area contributed by atoms with Crippen LogP contribution in [-0.2, 0) is 19.9 Å². The lowest BCUT2D eigenvalue weighted by atomic mass is 9.81. The number of nitrogens with zero attached hydrogens (tertiary/aromatic N) is 2. The van der Waals surface area contributed by atoms with Crippen molar-refractivity contribution in [2.75, 3.05) is 6.61 Å². The minimum absolute atomic E-state index is 0.140. The smallest absolute Gasteiger partial charge is 0.348 e. The van der Waals surface area contributed by atoms with Crippen LogP contribution in [0.2, 0.25) is 0 Å². The number of carboxylic acid groups (broad SMARTS) is 1. The molecule has 148 valence electrons. The lowest BCUT2D eigenvalue weighted by Gasteiger charge is -2.38. The van der Waals surface area contributed by atoms with E-state index < -0.39 is 30.2 Å². The maximum Gasteiger partial charge on any atom is 0.348 e. The Kier molecular flexibility index (Phi) is 6.16. The molecule has 0 aliphatic heterocycles. The Morgan fingerprint density at radius 1 is 0.931 bits per heavy atom. The monoisotopic (exact) mass is 393 g/mol. The topological polar surface area (TPSA) is 125 Å². The zero-order chi connectivity index (χ0) is 20.7. The minimum atomic E-state index is -1.69. The van der Waals surface area contributed by atoms with Gasteiger partial charge in [-0.25, -0.2) is 14.8 Å². The average molecular weight is 393 g/mol. The molecule has 1 unspecified atom stereocenters. The number of benzene rings is 2. The number of aliphatic carboxylic acids is 1. The number of rotatable bonds is 9. The van der Waals surface area contributed by atoms with Crippen LogP contribution in [0.1, 0.15) is 11.1 Å². The van der Waals surface area contributed by atoms with Gasteiger partial charge >= 0.3 is 12.0 Å². The summed E-state index contributed by atoms with van der Waals surface area (Å²) in [7, 11) is 0. The predicted octanol–water partition coefficient (Wildman–Crippen LogP) is 1.75. The summed E-state index contributed by atoms with van der Waals surface area (Å²) < 4.78 is 11.6. The Balaban J connectivity index is 2.22. The van der Waals surface area contributed by atoms with Crippen molar-refractivity contribution < 1.29 is 24.2 Å². The number of hydrogen-bond acceptors (Lipinski definition) is 6. The van der Waals surface area contributed by atoms with Gasteiger partial charge in [-0.05, 0) is 17.2 Å². The van der Waals surface area contributed by atoms with Gasteiger partial charge in [-0.1, -0.05) is 60.7 Å². The lowest BCUT2D eigenvalue weighted by molar-refractivity contribution is -0.166. The second kappa shape index (κ2) is 8.94. The van der Waals surface area contributed by atoms with Crippen LogP contribution in [0.15, 0.2) is 79.1 Å². The largest absolute Gasteiger partial charge is 0.478 e. The summed E-state index contributed by atoms with van der Waals surface area (Å²) in [6, 6.07) is 18.7. The van der Waals surface area contributed by atoms with E-state index in [-0.39, 0.29) is 6.01 Å². The second-order valence-corrected chi connectivity index (χ2v) is 6.09. The molecule has 1 amide bonds. The number of amides is 1. The third-order valence-electron chi connectivity index (χ3n) is 4.21. The first-order chi connectivity index (χ1) is 14.0. The molecule has 0 saturated carbocycles. The lowest BCUT2D eigenvalue weighted by Crippen LogP contribution is -2.52. The van der Waals surface area contributed by atoms with E-state index in [0.29, 0.717) is 11.1 Å². The maximum absolute atomic E-state index is 12.4. The molecule has 29 heavy (non-hydrogen) atoms. The quantitative estimate of drug-likeness (QED) is 0.567. The standard InChI is InChI=1S/C21H19N3O5/c22-17(25)14-28-21(15-8-3-1-4-9-15,16-10-5-2-6-11-16)18(19(26)27)29-20-23-12-7-13-24-20/h1-13,18H,14H2,(H2,22,25)(H,26,27). The van der Waals surface area contributed by atoms with Crippen LogP contribution in [0.5, 0.6) is 6.01 Å². The zero-order valence-electron chi connectivity index (χ0n) is 15.3. The van der Waals surface area contributed by atoms with Crippen LogP contribution >= 0.6 is 0 Å². The van der Waals surface area contributed by atoms with Gasteiger partial charge in [0.15, 0.2) is 5.60 Å². The number of carboxylic acids is 1. The number of carbonyl (C=O) groups excluding carboxylic acids is 1. The van der Waals surface area contributed by atoms with E-state index in [1.165, 1.54) is 12.4 Å². The highest BCUT2D eigenvalue weighted by atomic mass is 16.6. The van der Waals surface area contributed by atoms with Gasteiger partial charge < -0.3 is 20.3 Å². The highest BCUT2D eigenvalue weighted by molar-refractivity contribution is 5.77. The van der Waals surface area contributed by atoms with Crippen molar-refractivity contribution in [3.8, 4) is 6.01 Å². The minimum Gasteiger partial charge on any atom is -0.478 e. The predicted molar refractivity (Wildman–Crippen MR) is 103 cm³/mol. The van der Waals surface area contributed by atoms with Crippen molar-refractivity contribution in [3.63, 3.8) is 0 Å². The number of hydrogen-bond donors (Lipinski definition) is 2. The fraction of sp³-hybridized carbons (Fsp3) is 0.143. The zero-order valence-corrected chi connectivity index (χ0v) is 15.3.